The van der Waals surface area contributed by atoms with Crippen LogP contribution >= 0.6 is 0 Å². The highest BCUT2D eigenvalue weighted by Crippen LogP contribution is 2.53. The second-order valence-corrected chi connectivity index (χ2v) is 5.66. The zero-order valence-electron chi connectivity index (χ0n) is 11.4. The Morgan fingerprint density at radius 2 is 1.76 bits per heavy atom. The lowest BCUT2D eigenvalue weighted by molar-refractivity contribution is 0.391. The average molecular weight is 232 g/mol. The van der Waals surface area contributed by atoms with Gasteiger partial charge in [0.2, 0.25) is 0 Å². The minimum Gasteiger partial charge on any atom is -0.323 e. The van der Waals surface area contributed by atoms with Gasteiger partial charge in [0, 0.05) is 18.0 Å². The third kappa shape index (κ3) is 2.24. The molecule has 0 bridgehead atoms. The molecule has 0 amide bonds. The van der Waals surface area contributed by atoms with Gasteiger partial charge in [-0.25, -0.2) is 0 Å². The number of nitrogens with two attached hydrogens (primary N) is 1. The van der Waals surface area contributed by atoms with Crippen LogP contribution in [0.15, 0.2) is 12.1 Å². The van der Waals surface area contributed by atoms with Gasteiger partial charge in [-0.05, 0) is 62.9 Å². The van der Waals surface area contributed by atoms with E-state index in [1.54, 1.807) is 0 Å². The largest absolute Gasteiger partial charge is 0.323 e. The fraction of sp³-hybridized carbons (Fsp3) is 0.600. The van der Waals surface area contributed by atoms with Crippen LogP contribution in [-0.4, -0.2) is 13.6 Å². The molecule has 2 nitrogen and oxygen atoms in total. The predicted octanol–water partition coefficient (Wildman–Crippen LogP) is 2.61. The zero-order chi connectivity index (χ0) is 12.6. The summed E-state index contributed by atoms with van der Waals surface area (Å²) in [5.74, 6) is 0. The van der Waals surface area contributed by atoms with Crippen LogP contribution in [-0.2, 0) is 0 Å². The summed E-state index contributed by atoms with van der Waals surface area (Å²) in [4.78, 5) is 0. The molecular formula is C15H24N2. The molecule has 17 heavy (non-hydrogen) atoms. The van der Waals surface area contributed by atoms with Crippen molar-refractivity contribution >= 4 is 0 Å². The second kappa shape index (κ2) is 4.43. The maximum absolute atomic E-state index is 6.50. The molecular weight excluding hydrogens is 208 g/mol. The van der Waals surface area contributed by atoms with Crippen molar-refractivity contribution in [3.05, 3.63) is 34.4 Å². The van der Waals surface area contributed by atoms with E-state index >= 15 is 0 Å². The highest BCUT2D eigenvalue weighted by Gasteiger charge is 2.48. The summed E-state index contributed by atoms with van der Waals surface area (Å²) in [5, 5.41) is 3.29. The number of benzene rings is 1. The van der Waals surface area contributed by atoms with E-state index < -0.39 is 0 Å². The van der Waals surface area contributed by atoms with Gasteiger partial charge in [-0.2, -0.15) is 0 Å². The summed E-state index contributed by atoms with van der Waals surface area (Å²) in [6.45, 7) is 7.54. The van der Waals surface area contributed by atoms with Crippen LogP contribution in [0.4, 0.5) is 0 Å². The minimum absolute atomic E-state index is 0.175. The molecule has 0 aromatic heterocycles. The molecule has 0 heterocycles. The summed E-state index contributed by atoms with van der Waals surface area (Å²) < 4.78 is 0. The summed E-state index contributed by atoms with van der Waals surface area (Å²) in [7, 11) is 2.01. The molecule has 1 fully saturated rings. The fourth-order valence-corrected chi connectivity index (χ4v) is 2.76. The number of rotatable bonds is 4. The molecule has 94 valence electrons. The SMILES string of the molecule is CNCC1(C(N)c2cc(C)c(C)cc2C)CC1. The van der Waals surface area contributed by atoms with Crippen molar-refractivity contribution in [1.29, 1.82) is 0 Å². The lowest BCUT2D eigenvalue weighted by Gasteiger charge is -2.25. The lowest BCUT2D eigenvalue weighted by atomic mass is 9.86. The Labute approximate surface area is 105 Å². The van der Waals surface area contributed by atoms with E-state index in [1.165, 1.54) is 35.1 Å². The van der Waals surface area contributed by atoms with Crippen LogP contribution in [0.1, 0.15) is 41.1 Å². The first kappa shape index (κ1) is 12.6. The van der Waals surface area contributed by atoms with Crippen molar-refractivity contribution in [2.24, 2.45) is 11.1 Å². The van der Waals surface area contributed by atoms with Crippen molar-refractivity contribution in [1.82, 2.24) is 5.32 Å². The molecule has 0 aliphatic heterocycles. The van der Waals surface area contributed by atoms with Gasteiger partial charge < -0.3 is 11.1 Å². The Bertz CT molecular complexity index is 419. The van der Waals surface area contributed by atoms with E-state index in [0.717, 1.165) is 6.54 Å². The van der Waals surface area contributed by atoms with Crippen LogP contribution in [0.25, 0.3) is 0 Å². The molecule has 1 aromatic carbocycles. The van der Waals surface area contributed by atoms with E-state index in [0.29, 0.717) is 5.41 Å². The van der Waals surface area contributed by atoms with Gasteiger partial charge in [-0.15, -0.1) is 0 Å². The van der Waals surface area contributed by atoms with Crippen molar-refractivity contribution in [2.45, 2.75) is 39.7 Å². The average Bonchev–Trinajstić information content (AvgIpc) is 3.04. The molecule has 3 N–H and O–H groups in total. The predicted molar refractivity (Wildman–Crippen MR) is 73.2 cm³/mol. The van der Waals surface area contributed by atoms with Crippen LogP contribution in [0.2, 0.25) is 0 Å². The number of aryl methyl sites for hydroxylation is 3. The first-order valence-corrected chi connectivity index (χ1v) is 6.48. The Hall–Kier alpha value is -0.860. The van der Waals surface area contributed by atoms with Crippen LogP contribution in [0, 0.1) is 26.2 Å². The maximum atomic E-state index is 6.50. The van der Waals surface area contributed by atoms with E-state index in [4.69, 9.17) is 5.73 Å². The van der Waals surface area contributed by atoms with Crippen LogP contribution in [0.3, 0.4) is 0 Å². The van der Waals surface area contributed by atoms with E-state index in [-0.39, 0.29) is 6.04 Å². The second-order valence-electron chi connectivity index (χ2n) is 5.66. The summed E-state index contributed by atoms with van der Waals surface area (Å²) in [6, 6.07) is 4.72. The quantitative estimate of drug-likeness (QED) is 0.837. The van der Waals surface area contributed by atoms with Gasteiger partial charge in [0.05, 0.1) is 0 Å². The van der Waals surface area contributed by atoms with Crippen molar-refractivity contribution < 1.29 is 0 Å². The topological polar surface area (TPSA) is 38.0 Å². The number of nitrogens with one attached hydrogen (secondary N) is 1. The van der Waals surface area contributed by atoms with Crippen LogP contribution < -0.4 is 11.1 Å². The maximum Gasteiger partial charge on any atom is 0.0367 e. The summed E-state index contributed by atoms with van der Waals surface area (Å²) in [5.41, 5.74) is 12.2. The molecule has 0 radical (unpaired) electrons. The van der Waals surface area contributed by atoms with Gasteiger partial charge in [0.15, 0.2) is 0 Å². The van der Waals surface area contributed by atoms with Crippen LogP contribution in [0.5, 0.6) is 0 Å². The Kier molecular flexibility index (Phi) is 3.28. The highest BCUT2D eigenvalue weighted by atomic mass is 14.9. The first-order chi connectivity index (χ1) is 8.00. The molecule has 2 rings (SSSR count). The molecule has 1 aromatic rings. The number of hydrogen-bond donors (Lipinski definition) is 2. The van der Waals surface area contributed by atoms with Gasteiger partial charge in [0.25, 0.3) is 0 Å². The van der Waals surface area contributed by atoms with Gasteiger partial charge in [-0.1, -0.05) is 12.1 Å². The smallest absolute Gasteiger partial charge is 0.0367 e. The van der Waals surface area contributed by atoms with Crippen molar-refractivity contribution in [3.8, 4) is 0 Å². The molecule has 1 atom stereocenters. The zero-order valence-corrected chi connectivity index (χ0v) is 11.4. The third-order valence-electron chi connectivity index (χ3n) is 4.30. The van der Waals surface area contributed by atoms with Gasteiger partial charge in [-0.3, -0.25) is 0 Å². The van der Waals surface area contributed by atoms with Crippen molar-refractivity contribution in [3.63, 3.8) is 0 Å². The van der Waals surface area contributed by atoms with E-state index in [2.05, 4.69) is 38.2 Å². The number of hydrogen-bond acceptors (Lipinski definition) is 2. The Morgan fingerprint density at radius 1 is 1.18 bits per heavy atom. The molecule has 2 heteroatoms. The molecule has 1 saturated carbocycles. The molecule has 1 unspecified atom stereocenters. The molecule has 0 spiro atoms. The third-order valence-corrected chi connectivity index (χ3v) is 4.30. The molecule has 1 aliphatic carbocycles. The molecule has 0 saturated heterocycles. The van der Waals surface area contributed by atoms with Crippen molar-refractivity contribution in [2.75, 3.05) is 13.6 Å². The first-order valence-electron chi connectivity index (χ1n) is 6.48. The molecule has 1 aliphatic rings. The van der Waals surface area contributed by atoms with Gasteiger partial charge >= 0.3 is 0 Å². The fourth-order valence-electron chi connectivity index (χ4n) is 2.76. The van der Waals surface area contributed by atoms with Gasteiger partial charge in [0.1, 0.15) is 0 Å². The summed E-state index contributed by atoms with van der Waals surface area (Å²) >= 11 is 0. The Morgan fingerprint density at radius 3 is 2.29 bits per heavy atom. The highest BCUT2D eigenvalue weighted by molar-refractivity contribution is 5.39. The standard InChI is InChI=1S/C15H24N2/c1-10-7-12(3)13(8-11(10)2)14(16)15(5-6-15)9-17-4/h7-8,14,17H,5-6,9,16H2,1-4H3. The van der Waals surface area contributed by atoms with E-state index in [1.807, 2.05) is 7.05 Å². The normalized spacial score (nSPS) is 19.1. The lowest BCUT2D eigenvalue weighted by Crippen LogP contribution is -2.31. The van der Waals surface area contributed by atoms with E-state index in [9.17, 15) is 0 Å². The monoisotopic (exact) mass is 232 g/mol. The summed E-state index contributed by atoms with van der Waals surface area (Å²) in [6.07, 6.45) is 2.50. The minimum atomic E-state index is 0.175. The Balaban J connectivity index is 2.31.